The average Bonchev–Trinajstić information content (AvgIpc) is 2.80. The molecule has 0 radical (unpaired) electrons. The van der Waals surface area contributed by atoms with Crippen LogP contribution in [0, 0.1) is 0 Å². The van der Waals surface area contributed by atoms with E-state index in [0.29, 0.717) is 24.3 Å². The summed E-state index contributed by atoms with van der Waals surface area (Å²) in [6.07, 6.45) is 1.94. The third kappa shape index (κ3) is 5.77. The van der Waals surface area contributed by atoms with Crippen LogP contribution in [0.25, 0.3) is 0 Å². The van der Waals surface area contributed by atoms with Gasteiger partial charge in [-0.2, -0.15) is 0 Å². The minimum absolute atomic E-state index is 0.0806. The molecule has 2 aromatic carbocycles. The summed E-state index contributed by atoms with van der Waals surface area (Å²) in [5, 5.41) is 3.31. The van der Waals surface area contributed by atoms with Gasteiger partial charge in [-0.05, 0) is 43.7 Å². The van der Waals surface area contributed by atoms with Gasteiger partial charge < -0.3 is 15.1 Å². The molecule has 0 saturated carbocycles. The van der Waals surface area contributed by atoms with Gasteiger partial charge in [0.15, 0.2) is 0 Å². The summed E-state index contributed by atoms with van der Waals surface area (Å²) < 4.78 is 28.8. The fraction of sp³-hybridized carbons (Fsp3) is 0.435. The molecule has 0 spiro atoms. The number of nitrogens with one attached hydrogen (secondary N) is 2. The minimum atomic E-state index is -3.77. The van der Waals surface area contributed by atoms with Crippen molar-refractivity contribution in [1.29, 1.82) is 0 Å². The number of hydrogen-bond acceptors (Lipinski definition) is 5. The van der Waals surface area contributed by atoms with Crippen molar-refractivity contribution < 1.29 is 13.2 Å². The summed E-state index contributed by atoms with van der Waals surface area (Å²) >= 11 is 0. The molecule has 168 valence electrons. The number of amides is 1. The van der Waals surface area contributed by atoms with Gasteiger partial charge in [0, 0.05) is 44.8 Å². The molecule has 2 aromatic rings. The van der Waals surface area contributed by atoms with E-state index in [-0.39, 0.29) is 10.8 Å². The lowest BCUT2D eigenvalue weighted by atomic mass is 10.1. The van der Waals surface area contributed by atoms with Crippen molar-refractivity contribution in [3.63, 3.8) is 0 Å². The van der Waals surface area contributed by atoms with Crippen molar-refractivity contribution in [2.45, 2.75) is 31.6 Å². The molecule has 8 heteroatoms. The van der Waals surface area contributed by atoms with Crippen LogP contribution in [-0.2, 0) is 10.0 Å². The largest absolute Gasteiger partial charge is 0.367 e. The van der Waals surface area contributed by atoms with E-state index in [4.69, 9.17) is 0 Å². The van der Waals surface area contributed by atoms with E-state index >= 15 is 0 Å². The van der Waals surface area contributed by atoms with Crippen LogP contribution in [0.5, 0.6) is 0 Å². The second kappa shape index (κ2) is 10.6. The van der Waals surface area contributed by atoms with E-state index in [1.165, 1.54) is 0 Å². The van der Waals surface area contributed by atoms with Crippen molar-refractivity contribution in [2.75, 3.05) is 48.9 Å². The normalized spacial score (nSPS) is 14.3. The van der Waals surface area contributed by atoms with Gasteiger partial charge in [0.2, 0.25) is 0 Å². The number of unbranched alkanes of at least 4 members (excludes halogenated alkanes) is 1. The standard InChI is InChI=1S/C23H32N4O3S/c1-3-5-15-26(4-2)23(28)19-11-12-22(27-16-13-24-14-17-27)21(18-19)25-31(29,30)20-9-7-6-8-10-20/h6-12,18,24-25H,3-5,13-17H2,1-2H3. The number of carbonyl (C=O) groups excluding carboxylic acids is 1. The molecule has 7 nitrogen and oxygen atoms in total. The highest BCUT2D eigenvalue weighted by atomic mass is 32.2. The molecule has 0 atom stereocenters. The predicted molar refractivity (Wildman–Crippen MR) is 125 cm³/mol. The van der Waals surface area contributed by atoms with E-state index in [0.717, 1.165) is 44.7 Å². The molecular weight excluding hydrogens is 412 g/mol. The maximum atomic E-state index is 13.1. The van der Waals surface area contributed by atoms with Crippen molar-refractivity contribution in [2.24, 2.45) is 0 Å². The fourth-order valence-electron chi connectivity index (χ4n) is 3.67. The number of carbonyl (C=O) groups is 1. The van der Waals surface area contributed by atoms with Crippen LogP contribution in [0.1, 0.15) is 37.0 Å². The molecule has 31 heavy (non-hydrogen) atoms. The second-order valence-corrected chi connectivity index (χ2v) is 9.31. The van der Waals surface area contributed by atoms with Gasteiger partial charge in [-0.25, -0.2) is 8.42 Å². The van der Waals surface area contributed by atoms with E-state index in [1.807, 2.05) is 13.0 Å². The maximum Gasteiger partial charge on any atom is 0.261 e. The van der Waals surface area contributed by atoms with Crippen LogP contribution in [-0.4, -0.2) is 58.5 Å². The number of sulfonamides is 1. The van der Waals surface area contributed by atoms with Crippen LogP contribution in [0.4, 0.5) is 11.4 Å². The highest BCUT2D eigenvalue weighted by Crippen LogP contribution is 2.30. The fourth-order valence-corrected chi connectivity index (χ4v) is 4.76. The number of rotatable bonds is 9. The van der Waals surface area contributed by atoms with Crippen LogP contribution in [0.2, 0.25) is 0 Å². The van der Waals surface area contributed by atoms with E-state index in [9.17, 15) is 13.2 Å². The molecule has 1 aliphatic rings. The highest BCUT2D eigenvalue weighted by molar-refractivity contribution is 7.92. The molecule has 1 heterocycles. The molecule has 3 rings (SSSR count). The summed E-state index contributed by atoms with van der Waals surface area (Å²) in [6, 6.07) is 13.6. The average molecular weight is 445 g/mol. The first-order valence-corrected chi connectivity index (χ1v) is 12.4. The Kier molecular flexibility index (Phi) is 7.92. The molecule has 2 N–H and O–H groups in total. The number of piperazine rings is 1. The number of anilines is 2. The summed E-state index contributed by atoms with van der Waals surface area (Å²) in [6.45, 7) is 8.55. The molecule has 1 saturated heterocycles. The van der Waals surface area contributed by atoms with Gasteiger partial charge in [-0.15, -0.1) is 0 Å². The van der Waals surface area contributed by atoms with Crippen LogP contribution in [0.3, 0.4) is 0 Å². The first-order valence-electron chi connectivity index (χ1n) is 10.9. The zero-order valence-corrected chi connectivity index (χ0v) is 19.1. The Bertz CT molecular complexity index is 974. The Balaban J connectivity index is 1.96. The molecule has 0 aromatic heterocycles. The summed E-state index contributed by atoms with van der Waals surface area (Å²) in [4.78, 5) is 17.2. The molecule has 1 amide bonds. The minimum Gasteiger partial charge on any atom is -0.367 e. The van der Waals surface area contributed by atoms with Gasteiger partial charge in [0.25, 0.3) is 15.9 Å². The Labute approximate surface area is 185 Å². The Morgan fingerprint density at radius 2 is 1.81 bits per heavy atom. The maximum absolute atomic E-state index is 13.1. The zero-order valence-electron chi connectivity index (χ0n) is 18.3. The quantitative estimate of drug-likeness (QED) is 0.621. The number of nitrogens with zero attached hydrogens (tertiary/aromatic N) is 2. The monoisotopic (exact) mass is 444 g/mol. The summed E-state index contributed by atoms with van der Waals surface area (Å²) in [5.41, 5.74) is 1.71. The van der Waals surface area contributed by atoms with Gasteiger partial charge in [-0.1, -0.05) is 31.5 Å². The van der Waals surface area contributed by atoms with Crippen molar-refractivity contribution in [3.8, 4) is 0 Å². The third-order valence-electron chi connectivity index (χ3n) is 5.45. The first-order chi connectivity index (χ1) is 15.0. The van der Waals surface area contributed by atoms with Gasteiger partial charge in [-0.3, -0.25) is 9.52 Å². The SMILES string of the molecule is CCCCN(CC)C(=O)c1ccc(N2CCNCC2)c(NS(=O)(=O)c2ccccc2)c1. The lowest BCUT2D eigenvalue weighted by Crippen LogP contribution is -2.43. The second-order valence-electron chi connectivity index (χ2n) is 7.63. The lowest BCUT2D eigenvalue weighted by molar-refractivity contribution is 0.0762. The number of hydrogen-bond donors (Lipinski definition) is 2. The van der Waals surface area contributed by atoms with E-state index in [2.05, 4.69) is 21.9 Å². The van der Waals surface area contributed by atoms with E-state index < -0.39 is 10.0 Å². The molecule has 0 aliphatic carbocycles. The number of benzene rings is 2. The van der Waals surface area contributed by atoms with Crippen molar-refractivity contribution in [1.82, 2.24) is 10.2 Å². The first kappa shape index (κ1) is 23.1. The van der Waals surface area contributed by atoms with Crippen LogP contribution in [0.15, 0.2) is 53.4 Å². The predicted octanol–water partition coefficient (Wildman–Crippen LogP) is 3.16. The van der Waals surface area contributed by atoms with Crippen LogP contribution < -0.4 is 14.9 Å². The zero-order chi connectivity index (χ0) is 22.3. The molecular formula is C23H32N4O3S. The Morgan fingerprint density at radius 3 is 2.45 bits per heavy atom. The van der Waals surface area contributed by atoms with Crippen molar-refractivity contribution >= 4 is 27.3 Å². The third-order valence-corrected chi connectivity index (χ3v) is 6.83. The van der Waals surface area contributed by atoms with Gasteiger partial charge in [0.1, 0.15) is 0 Å². The Morgan fingerprint density at radius 1 is 1.10 bits per heavy atom. The molecule has 0 bridgehead atoms. The molecule has 1 fully saturated rings. The lowest BCUT2D eigenvalue weighted by Gasteiger charge is -2.31. The smallest absolute Gasteiger partial charge is 0.261 e. The molecule has 1 aliphatic heterocycles. The molecule has 0 unspecified atom stereocenters. The van der Waals surface area contributed by atoms with Crippen LogP contribution >= 0.6 is 0 Å². The topological polar surface area (TPSA) is 81.8 Å². The van der Waals surface area contributed by atoms with Crippen molar-refractivity contribution in [3.05, 3.63) is 54.1 Å². The van der Waals surface area contributed by atoms with E-state index in [1.54, 1.807) is 47.4 Å². The Hall–Kier alpha value is -2.58. The summed E-state index contributed by atoms with van der Waals surface area (Å²) in [7, 11) is -3.77. The summed E-state index contributed by atoms with van der Waals surface area (Å²) in [5.74, 6) is -0.0806. The highest BCUT2D eigenvalue weighted by Gasteiger charge is 2.22. The van der Waals surface area contributed by atoms with Gasteiger partial charge >= 0.3 is 0 Å². The van der Waals surface area contributed by atoms with Gasteiger partial charge in [0.05, 0.1) is 16.3 Å².